The van der Waals surface area contributed by atoms with Gasteiger partial charge in [0.25, 0.3) is 5.56 Å². The Balaban J connectivity index is 1.42. The fourth-order valence-corrected chi connectivity index (χ4v) is 5.60. The number of alkyl halides is 3. The maximum Gasteiger partial charge on any atom is 0.436 e. The van der Waals surface area contributed by atoms with Crippen molar-refractivity contribution in [2.45, 2.75) is 38.4 Å². The molecule has 232 valence electrons. The van der Waals surface area contributed by atoms with E-state index in [4.69, 9.17) is 11.6 Å². The summed E-state index contributed by atoms with van der Waals surface area (Å²) in [6.07, 6.45) is 0.719. The molecule has 1 aliphatic rings. The van der Waals surface area contributed by atoms with Gasteiger partial charge in [-0.2, -0.15) is 18.4 Å². The van der Waals surface area contributed by atoms with Crippen LogP contribution in [-0.4, -0.2) is 35.4 Å². The van der Waals surface area contributed by atoms with E-state index in [-0.39, 0.29) is 33.8 Å². The molecule has 1 N–H and O–H groups in total. The zero-order chi connectivity index (χ0) is 32.6. The summed E-state index contributed by atoms with van der Waals surface area (Å²) in [5, 5.41) is 19.5. The Morgan fingerprint density at radius 3 is 2.54 bits per heavy atom. The molecular formula is C32H24ClF3N8O2. The summed E-state index contributed by atoms with van der Waals surface area (Å²) < 4.78 is 42.1. The second kappa shape index (κ2) is 12.2. The predicted octanol–water partition coefficient (Wildman–Crippen LogP) is 6.44. The average molecular weight is 645 g/mol. The Bertz CT molecular complexity index is 2070. The maximum absolute atomic E-state index is 13.7. The average Bonchev–Trinajstić information content (AvgIpc) is 3.54. The van der Waals surface area contributed by atoms with Gasteiger partial charge in [0.1, 0.15) is 0 Å². The van der Waals surface area contributed by atoms with Gasteiger partial charge in [-0.15, -0.1) is 5.10 Å². The highest BCUT2D eigenvalue weighted by Gasteiger charge is 2.35. The third-order valence-corrected chi connectivity index (χ3v) is 8.09. The molecule has 0 saturated heterocycles. The van der Waals surface area contributed by atoms with Crippen LogP contribution in [-0.2, 0) is 11.0 Å². The highest BCUT2D eigenvalue weighted by Crippen LogP contribution is 2.34. The zero-order valence-corrected chi connectivity index (χ0v) is 24.9. The van der Waals surface area contributed by atoms with Crippen LogP contribution in [0.25, 0.3) is 28.2 Å². The molecule has 0 radical (unpaired) electrons. The topological polar surface area (TPSA) is 131 Å². The summed E-state index contributed by atoms with van der Waals surface area (Å²) in [4.78, 5) is 35.8. The lowest BCUT2D eigenvalue weighted by atomic mass is 9.94. The minimum atomic E-state index is -4.69. The molecule has 5 aromatic rings. The summed E-state index contributed by atoms with van der Waals surface area (Å²) in [5.74, 6) is -0.544. The molecule has 2 atom stereocenters. The lowest BCUT2D eigenvalue weighted by Gasteiger charge is -2.23. The van der Waals surface area contributed by atoms with Gasteiger partial charge < -0.3 is 5.32 Å². The van der Waals surface area contributed by atoms with E-state index in [9.17, 15) is 28.0 Å². The highest BCUT2D eigenvalue weighted by molar-refractivity contribution is 6.31. The number of fused-ring (bicyclic) bond motifs is 4. The number of benzene rings is 2. The van der Waals surface area contributed by atoms with E-state index < -0.39 is 23.5 Å². The number of carbonyl (C=O) groups excluding carboxylic acids is 1. The number of carbonyl (C=O) groups is 1. The molecular weight excluding hydrogens is 621 g/mol. The largest absolute Gasteiger partial charge is 0.436 e. The van der Waals surface area contributed by atoms with E-state index in [0.29, 0.717) is 41.8 Å². The third kappa shape index (κ3) is 6.12. The molecule has 0 saturated carbocycles. The Hall–Kier alpha value is -5.35. The first kappa shape index (κ1) is 30.7. The van der Waals surface area contributed by atoms with Gasteiger partial charge in [0.15, 0.2) is 5.69 Å². The Morgan fingerprint density at radius 1 is 1.00 bits per heavy atom. The summed E-state index contributed by atoms with van der Waals surface area (Å²) >= 11 is 6.24. The molecule has 3 aromatic heterocycles. The Morgan fingerprint density at radius 2 is 1.80 bits per heavy atom. The van der Waals surface area contributed by atoms with Crippen molar-refractivity contribution in [3.05, 3.63) is 106 Å². The predicted molar refractivity (Wildman–Crippen MR) is 163 cm³/mol. The van der Waals surface area contributed by atoms with Crippen molar-refractivity contribution in [2.75, 3.05) is 5.32 Å². The molecule has 14 heteroatoms. The molecule has 0 spiro atoms. The van der Waals surface area contributed by atoms with Gasteiger partial charge in [-0.25, -0.2) is 9.67 Å². The monoisotopic (exact) mass is 644 g/mol. The van der Waals surface area contributed by atoms with Crippen molar-refractivity contribution in [2.24, 2.45) is 5.92 Å². The van der Waals surface area contributed by atoms with Gasteiger partial charge in [-0.3, -0.25) is 19.1 Å². The number of aromatic nitrogens is 6. The van der Waals surface area contributed by atoms with Crippen molar-refractivity contribution in [3.8, 4) is 34.3 Å². The van der Waals surface area contributed by atoms with Crippen LogP contribution in [0.2, 0.25) is 5.02 Å². The molecule has 6 rings (SSSR count). The number of nitrogens with one attached hydrogen (secondary N) is 1. The second-order valence-electron chi connectivity index (χ2n) is 10.9. The smallest absolute Gasteiger partial charge is 0.325 e. The first-order valence-electron chi connectivity index (χ1n) is 14.2. The van der Waals surface area contributed by atoms with Gasteiger partial charge in [-0.05, 0) is 66.9 Å². The highest BCUT2D eigenvalue weighted by atomic mass is 35.5. The number of amides is 1. The van der Waals surface area contributed by atoms with Crippen LogP contribution in [0.15, 0.2) is 78.1 Å². The molecule has 2 unspecified atom stereocenters. The zero-order valence-electron chi connectivity index (χ0n) is 24.2. The minimum Gasteiger partial charge on any atom is -0.325 e. The lowest BCUT2D eigenvalue weighted by molar-refractivity contribution is -0.141. The van der Waals surface area contributed by atoms with Gasteiger partial charge in [0.2, 0.25) is 5.91 Å². The molecule has 2 aromatic carbocycles. The minimum absolute atomic E-state index is 0.180. The normalized spacial score (nSPS) is 16.8. The summed E-state index contributed by atoms with van der Waals surface area (Å²) in [6, 6.07) is 16.0. The van der Waals surface area contributed by atoms with Crippen molar-refractivity contribution in [1.82, 2.24) is 29.5 Å². The quantitative estimate of drug-likeness (QED) is 0.239. The molecule has 1 aliphatic heterocycles. The van der Waals surface area contributed by atoms with Gasteiger partial charge in [0, 0.05) is 34.3 Å². The van der Waals surface area contributed by atoms with Crippen molar-refractivity contribution >= 4 is 23.2 Å². The van der Waals surface area contributed by atoms with E-state index in [2.05, 4.69) is 31.7 Å². The van der Waals surface area contributed by atoms with Crippen LogP contribution < -0.4 is 10.9 Å². The molecule has 2 bridgehead atoms. The lowest BCUT2D eigenvalue weighted by Crippen LogP contribution is -2.26. The number of nitrogens with zero attached hydrogens (tertiary/aromatic N) is 7. The number of pyridine rings is 1. The number of nitriles is 1. The van der Waals surface area contributed by atoms with E-state index >= 15 is 0 Å². The van der Waals surface area contributed by atoms with E-state index in [1.54, 1.807) is 24.4 Å². The van der Waals surface area contributed by atoms with Crippen LogP contribution in [0.5, 0.6) is 0 Å². The van der Waals surface area contributed by atoms with E-state index in [1.807, 2.05) is 19.1 Å². The van der Waals surface area contributed by atoms with Crippen LogP contribution in [0.4, 0.5) is 18.9 Å². The first-order valence-corrected chi connectivity index (χ1v) is 14.6. The molecule has 10 nitrogen and oxygen atoms in total. The number of hydrogen-bond acceptors (Lipinski definition) is 7. The molecule has 4 heterocycles. The first-order chi connectivity index (χ1) is 22.0. The number of halogens is 4. The maximum atomic E-state index is 13.7. The van der Waals surface area contributed by atoms with Crippen LogP contribution in [0.1, 0.15) is 49.0 Å². The van der Waals surface area contributed by atoms with Crippen LogP contribution in [0, 0.1) is 17.2 Å². The van der Waals surface area contributed by atoms with Gasteiger partial charge in [-0.1, -0.05) is 30.2 Å². The fraction of sp³-hybridized carbons (Fsp3) is 0.219. The van der Waals surface area contributed by atoms with Gasteiger partial charge in [0.05, 0.1) is 53.0 Å². The Labute approximate surface area is 265 Å². The van der Waals surface area contributed by atoms with Crippen molar-refractivity contribution < 1.29 is 18.0 Å². The van der Waals surface area contributed by atoms with Crippen molar-refractivity contribution in [3.63, 3.8) is 0 Å². The summed E-state index contributed by atoms with van der Waals surface area (Å²) in [5.41, 5.74) is 1.88. The van der Waals surface area contributed by atoms with Crippen molar-refractivity contribution in [1.29, 1.82) is 5.26 Å². The van der Waals surface area contributed by atoms with E-state index in [1.165, 1.54) is 35.2 Å². The SMILES string of the molecule is CC1CCCC(n2cnc(-c3cc(Cl)ccc3-n3cc(C(F)(F)F)nn3)cc2=O)c2ccnc(c2)-c2ccc(C#N)cc2NC1=O. The Kier molecular flexibility index (Phi) is 8.14. The van der Waals surface area contributed by atoms with E-state index in [0.717, 1.165) is 16.4 Å². The van der Waals surface area contributed by atoms with Crippen LogP contribution >= 0.6 is 11.6 Å². The standard InChI is InChI=1S/C32H24ClF3N8O2/c1-18-3-2-4-27(20-9-10-38-24(12-20)22-7-5-19(15-37)11-26(22)40-31(18)46)43-17-39-25(14-30(43)45)23-13-21(33)6-8-28(23)44-16-29(41-42-44)32(34,35)36/h5-14,16-18,27H,2-4H2,1H3,(H,40,46). The molecule has 0 aliphatic carbocycles. The number of rotatable bonds is 3. The third-order valence-electron chi connectivity index (χ3n) is 7.85. The summed E-state index contributed by atoms with van der Waals surface area (Å²) in [7, 11) is 0. The fourth-order valence-electron chi connectivity index (χ4n) is 5.43. The molecule has 0 fully saturated rings. The number of anilines is 1. The second-order valence-corrected chi connectivity index (χ2v) is 11.3. The molecule has 1 amide bonds. The van der Waals surface area contributed by atoms with Crippen LogP contribution in [0.3, 0.4) is 0 Å². The summed E-state index contributed by atoms with van der Waals surface area (Å²) in [6.45, 7) is 1.82. The number of hydrogen-bond donors (Lipinski definition) is 1. The van der Waals surface area contributed by atoms with Gasteiger partial charge >= 0.3 is 6.18 Å². The molecule has 46 heavy (non-hydrogen) atoms.